The van der Waals surface area contributed by atoms with E-state index in [0.29, 0.717) is 10.8 Å². The topological polar surface area (TPSA) is 20.2 Å². The molecule has 0 bridgehead atoms. The average molecular weight is 274 g/mol. The molecule has 1 unspecified atom stereocenters. The second-order valence-electron chi connectivity index (χ2n) is 8.72. The van der Waals surface area contributed by atoms with Crippen LogP contribution in [0.25, 0.3) is 0 Å². The first-order valence-corrected chi connectivity index (χ1v) is 8.92. The molecule has 112 valence electrons. The smallest absolute Gasteiger partial charge is 0.0724 e. The van der Waals surface area contributed by atoms with Crippen LogP contribution in [0.1, 0.15) is 71.6 Å². The second-order valence-corrected chi connectivity index (χ2v) is 8.72. The minimum Gasteiger partial charge on any atom is -0.389 e. The van der Waals surface area contributed by atoms with Crippen LogP contribution < -0.4 is 0 Å². The van der Waals surface area contributed by atoms with Gasteiger partial charge < -0.3 is 5.11 Å². The van der Waals surface area contributed by atoms with Gasteiger partial charge in [0.1, 0.15) is 0 Å². The number of allylic oxidation sites excluding steroid dienone is 1. The molecule has 0 spiro atoms. The molecule has 4 rings (SSSR count). The van der Waals surface area contributed by atoms with Crippen LogP contribution in [0, 0.1) is 28.6 Å². The van der Waals surface area contributed by atoms with Crippen molar-refractivity contribution in [3.05, 3.63) is 11.6 Å². The molecular weight excluding hydrogens is 244 g/mol. The lowest BCUT2D eigenvalue weighted by molar-refractivity contribution is -0.0411. The highest BCUT2D eigenvalue weighted by molar-refractivity contribution is 5.25. The van der Waals surface area contributed by atoms with Gasteiger partial charge in [0.2, 0.25) is 0 Å². The van der Waals surface area contributed by atoms with Gasteiger partial charge in [-0.2, -0.15) is 0 Å². The second kappa shape index (κ2) is 4.35. The Morgan fingerprint density at radius 1 is 1.00 bits per heavy atom. The molecular formula is C19H30O. The van der Waals surface area contributed by atoms with Crippen molar-refractivity contribution in [2.75, 3.05) is 0 Å². The summed E-state index contributed by atoms with van der Waals surface area (Å²) in [6, 6.07) is 0. The number of rotatable bonds is 0. The maximum atomic E-state index is 9.97. The fourth-order valence-corrected chi connectivity index (χ4v) is 6.70. The predicted octanol–water partition coefficient (Wildman–Crippen LogP) is 4.70. The van der Waals surface area contributed by atoms with Gasteiger partial charge >= 0.3 is 0 Å². The third kappa shape index (κ3) is 1.71. The Balaban J connectivity index is 1.68. The molecule has 0 aromatic carbocycles. The molecule has 6 atom stereocenters. The molecule has 0 radical (unpaired) electrons. The summed E-state index contributed by atoms with van der Waals surface area (Å²) in [6.45, 7) is 5.11. The normalized spacial score (nSPS) is 54.6. The largest absolute Gasteiger partial charge is 0.389 e. The van der Waals surface area contributed by atoms with E-state index in [1.807, 2.05) is 0 Å². The molecule has 4 aliphatic carbocycles. The van der Waals surface area contributed by atoms with Crippen molar-refractivity contribution < 1.29 is 5.11 Å². The van der Waals surface area contributed by atoms with Crippen LogP contribution in [0.4, 0.5) is 0 Å². The van der Waals surface area contributed by atoms with Crippen LogP contribution >= 0.6 is 0 Å². The predicted molar refractivity (Wildman–Crippen MR) is 82.3 cm³/mol. The summed E-state index contributed by atoms with van der Waals surface area (Å²) >= 11 is 0. The lowest BCUT2D eigenvalue weighted by Gasteiger charge is -2.57. The zero-order valence-electron chi connectivity index (χ0n) is 13.2. The van der Waals surface area contributed by atoms with Crippen molar-refractivity contribution in [2.45, 2.75) is 77.7 Å². The Morgan fingerprint density at radius 3 is 2.70 bits per heavy atom. The molecule has 0 aromatic rings. The number of aliphatic hydroxyl groups excluding tert-OH is 1. The lowest BCUT2D eigenvalue weighted by atomic mass is 9.47. The molecule has 0 aliphatic heterocycles. The average Bonchev–Trinajstić information content (AvgIpc) is 2.81. The molecule has 0 heterocycles. The highest BCUT2D eigenvalue weighted by Crippen LogP contribution is 2.65. The maximum Gasteiger partial charge on any atom is 0.0724 e. The maximum absolute atomic E-state index is 9.97. The van der Waals surface area contributed by atoms with Gasteiger partial charge in [0.05, 0.1) is 6.10 Å². The van der Waals surface area contributed by atoms with E-state index in [-0.39, 0.29) is 6.10 Å². The van der Waals surface area contributed by atoms with Crippen molar-refractivity contribution in [1.29, 1.82) is 0 Å². The molecule has 0 amide bonds. The van der Waals surface area contributed by atoms with Crippen LogP contribution in [0.3, 0.4) is 0 Å². The lowest BCUT2D eigenvalue weighted by Crippen LogP contribution is -2.49. The zero-order valence-corrected chi connectivity index (χ0v) is 13.2. The number of hydrogen-bond donors (Lipinski definition) is 1. The molecule has 1 heteroatoms. The Morgan fingerprint density at radius 2 is 1.85 bits per heavy atom. The highest BCUT2D eigenvalue weighted by Gasteiger charge is 2.55. The van der Waals surface area contributed by atoms with Gasteiger partial charge in [0, 0.05) is 0 Å². The fraction of sp³-hybridized carbons (Fsp3) is 0.895. The van der Waals surface area contributed by atoms with E-state index in [1.54, 1.807) is 5.57 Å². The first kappa shape index (κ1) is 13.4. The van der Waals surface area contributed by atoms with Crippen molar-refractivity contribution in [2.24, 2.45) is 28.6 Å². The summed E-state index contributed by atoms with van der Waals surface area (Å²) in [5.74, 6) is 2.89. The standard InChI is InChI=1S/C19H30O/c1-18-9-3-4-16(18)15-6-5-13-12-14(20)7-11-19(13,2)17(15)8-10-18/h12,14-17,20H,3-11H2,1-2H3/t14?,15-,16-,17+,18-,19-/m0/s1. The SMILES string of the molecule is C[C@@]12CCC[C@H]1[C@@H]1CCC3=CC(O)CC[C@]3(C)[C@@H]1CC2. The number of fused-ring (bicyclic) bond motifs is 5. The van der Waals surface area contributed by atoms with E-state index in [0.717, 1.165) is 24.2 Å². The van der Waals surface area contributed by atoms with E-state index in [2.05, 4.69) is 19.9 Å². The van der Waals surface area contributed by atoms with Crippen molar-refractivity contribution in [1.82, 2.24) is 0 Å². The van der Waals surface area contributed by atoms with Gasteiger partial charge in [-0.3, -0.25) is 0 Å². The molecule has 3 fully saturated rings. The van der Waals surface area contributed by atoms with Crippen molar-refractivity contribution >= 4 is 0 Å². The summed E-state index contributed by atoms with van der Waals surface area (Å²) in [5, 5.41) is 9.97. The first-order valence-electron chi connectivity index (χ1n) is 8.92. The minimum absolute atomic E-state index is 0.157. The van der Waals surface area contributed by atoms with Gasteiger partial charge in [-0.25, -0.2) is 0 Å². The van der Waals surface area contributed by atoms with Crippen molar-refractivity contribution in [3.8, 4) is 0 Å². The molecule has 1 nitrogen and oxygen atoms in total. The van der Waals surface area contributed by atoms with Gasteiger partial charge in [-0.05, 0) is 80.0 Å². The van der Waals surface area contributed by atoms with E-state index >= 15 is 0 Å². The van der Waals surface area contributed by atoms with E-state index in [4.69, 9.17) is 0 Å². The number of hydrogen-bond acceptors (Lipinski definition) is 1. The van der Waals surface area contributed by atoms with Gasteiger partial charge in [-0.1, -0.05) is 31.9 Å². The van der Waals surface area contributed by atoms with Crippen LogP contribution in [0.5, 0.6) is 0 Å². The van der Waals surface area contributed by atoms with Gasteiger partial charge in [-0.15, -0.1) is 0 Å². The Labute approximate surface area is 123 Å². The zero-order chi connectivity index (χ0) is 14.0. The molecule has 3 saturated carbocycles. The van der Waals surface area contributed by atoms with Crippen LogP contribution in [0.15, 0.2) is 11.6 Å². The third-order valence-electron chi connectivity index (χ3n) is 7.87. The monoisotopic (exact) mass is 274 g/mol. The summed E-state index contributed by atoms with van der Waals surface area (Å²) in [6.07, 6.45) is 14.3. The minimum atomic E-state index is -0.157. The van der Waals surface area contributed by atoms with Crippen molar-refractivity contribution in [3.63, 3.8) is 0 Å². The Hall–Kier alpha value is -0.300. The van der Waals surface area contributed by atoms with E-state index < -0.39 is 0 Å². The van der Waals surface area contributed by atoms with Crippen LogP contribution in [-0.4, -0.2) is 11.2 Å². The highest BCUT2D eigenvalue weighted by atomic mass is 16.3. The summed E-state index contributed by atoms with van der Waals surface area (Å²) < 4.78 is 0. The molecule has 0 aromatic heterocycles. The van der Waals surface area contributed by atoms with Crippen LogP contribution in [0.2, 0.25) is 0 Å². The Kier molecular flexibility index (Phi) is 2.91. The quantitative estimate of drug-likeness (QED) is 0.635. The number of aliphatic hydroxyl groups is 1. The summed E-state index contributed by atoms with van der Waals surface area (Å²) in [7, 11) is 0. The van der Waals surface area contributed by atoms with Gasteiger partial charge in [0.15, 0.2) is 0 Å². The van der Waals surface area contributed by atoms with Crippen LogP contribution in [-0.2, 0) is 0 Å². The molecule has 4 aliphatic rings. The first-order chi connectivity index (χ1) is 9.53. The van der Waals surface area contributed by atoms with E-state index in [9.17, 15) is 5.11 Å². The molecule has 1 N–H and O–H groups in total. The van der Waals surface area contributed by atoms with E-state index in [1.165, 1.54) is 51.4 Å². The fourth-order valence-electron chi connectivity index (χ4n) is 6.70. The molecule has 20 heavy (non-hydrogen) atoms. The summed E-state index contributed by atoms with van der Waals surface area (Å²) in [4.78, 5) is 0. The Bertz CT molecular complexity index is 439. The molecule has 0 saturated heterocycles. The summed E-state index contributed by atoms with van der Waals surface area (Å²) in [5.41, 5.74) is 2.71. The van der Waals surface area contributed by atoms with Gasteiger partial charge in [0.25, 0.3) is 0 Å². The third-order valence-corrected chi connectivity index (χ3v) is 7.87.